The van der Waals surface area contributed by atoms with E-state index in [1.165, 1.54) is 38.5 Å². The van der Waals surface area contributed by atoms with Gasteiger partial charge in [-0.25, -0.2) is 9.97 Å². The molecule has 0 atom stereocenters. The van der Waals surface area contributed by atoms with Gasteiger partial charge in [-0.15, -0.1) is 0 Å². The monoisotopic (exact) mass is 400 g/mol. The Balaban J connectivity index is 1.08. The van der Waals surface area contributed by atoms with Crippen molar-refractivity contribution in [1.82, 2.24) is 29.9 Å². The average Bonchev–Trinajstić information content (AvgIpc) is 3.47. The van der Waals surface area contributed by atoms with Crippen LogP contribution in [0.25, 0.3) is 22.5 Å². The molecule has 4 rings (SSSR count). The lowest BCUT2D eigenvalue weighted by atomic mass is 10.1. The van der Waals surface area contributed by atoms with Crippen LogP contribution in [0.2, 0.25) is 0 Å². The van der Waals surface area contributed by atoms with E-state index in [2.05, 4.69) is 29.9 Å². The first-order valence-corrected chi connectivity index (χ1v) is 10.8. The molecule has 0 saturated carbocycles. The van der Waals surface area contributed by atoms with E-state index in [-0.39, 0.29) is 0 Å². The number of unbranched alkanes of at least 4 members (excludes halogenated alkanes) is 5. The van der Waals surface area contributed by atoms with Crippen LogP contribution in [0.5, 0.6) is 0 Å². The lowest BCUT2D eigenvalue weighted by Crippen LogP contribution is -1.91. The van der Waals surface area contributed by atoms with Crippen LogP contribution in [0, 0.1) is 0 Å². The van der Waals surface area contributed by atoms with Gasteiger partial charge in [0.2, 0.25) is 0 Å². The van der Waals surface area contributed by atoms with Crippen molar-refractivity contribution < 1.29 is 0 Å². The summed E-state index contributed by atoms with van der Waals surface area (Å²) < 4.78 is 0. The van der Waals surface area contributed by atoms with Crippen LogP contribution in [-0.2, 0) is 12.8 Å². The zero-order chi connectivity index (χ0) is 20.4. The quantitative estimate of drug-likeness (QED) is 0.331. The van der Waals surface area contributed by atoms with Gasteiger partial charge in [0.15, 0.2) is 0 Å². The highest BCUT2D eigenvalue weighted by atomic mass is 14.9. The average molecular weight is 401 g/mol. The molecule has 0 unspecified atom stereocenters. The van der Waals surface area contributed by atoms with Gasteiger partial charge in [-0.05, 0) is 37.1 Å². The molecule has 0 fully saturated rings. The Morgan fingerprint density at radius 2 is 0.933 bits per heavy atom. The highest BCUT2D eigenvalue weighted by Gasteiger charge is 2.04. The number of nitrogens with one attached hydrogen (secondary N) is 2. The molecule has 6 heteroatoms. The van der Waals surface area contributed by atoms with Gasteiger partial charge in [0.1, 0.15) is 11.6 Å². The number of H-pyrrole nitrogens is 2. The summed E-state index contributed by atoms with van der Waals surface area (Å²) in [6.07, 6.45) is 20.5. The van der Waals surface area contributed by atoms with Crippen LogP contribution in [0.3, 0.4) is 0 Å². The minimum Gasteiger partial charge on any atom is -0.342 e. The molecule has 0 aliphatic carbocycles. The zero-order valence-electron chi connectivity index (χ0n) is 17.2. The fraction of sp³-hybridized carbons (Fsp3) is 0.333. The molecular formula is C24H28N6. The number of imidazole rings is 2. The Morgan fingerprint density at radius 3 is 1.37 bits per heavy atom. The van der Waals surface area contributed by atoms with E-state index in [0.717, 1.165) is 47.0 Å². The van der Waals surface area contributed by atoms with Crippen molar-refractivity contribution in [3.8, 4) is 22.5 Å². The number of aryl methyl sites for hydroxylation is 2. The Kier molecular flexibility index (Phi) is 6.99. The van der Waals surface area contributed by atoms with E-state index in [4.69, 9.17) is 0 Å². The summed E-state index contributed by atoms with van der Waals surface area (Å²) in [5, 5.41) is 0. The van der Waals surface area contributed by atoms with Gasteiger partial charge in [0, 0.05) is 48.8 Å². The zero-order valence-corrected chi connectivity index (χ0v) is 17.2. The number of pyridine rings is 2. The minimum atomic E-state index is 1.01. The van der Waals surface area contributed by atoms with E-state index >= 15 is 0 Å². The summed E-state index contributed by atoms with van der Waals surface area (Å²) in [5.74, 6) is 2.15. The van der Waals surface area contributed by atoms with Crippen molar-refractivity contribution in [2.24, 2.45) is 0 Å². The molecule has 4 aromatic rings. The number of nitrogens with zero attached hydrogens (tertiary/aromatic N) is 4. The Bertz CT molecular complexity index is 923. The molecule has 0 amide bonds. The highest BCUT2D eigenvalue weighted by Crippen LogP contribution is 2.18. The Labute approximate surface area is 177 Å². The van der Waals surface area contributed by atoms with E-state index in [0.29, 0.717) is 0 Å². The summed E-state index contributed by atoms with van der Waals surface area (Å²) in [6, 6.07) is 8.00. The third-order valence-electron chi connectivity index (χ3n) is 5.32. The van der Waals surface area contributed by atoms with Gasteiger partial charge in [-0.2, -0.15) is 0 Å². The van der Waals surface area contributed by atoms with Crippen molar-refractivity contribution in [2.45, 2.75) is 51.4 Å². The molecule has 0 saturated heterocycles. The fourth-order valence-corrected chi connectivity index (χ4v) is 3.63. The van der Waals surface area contributed by atoms with Gasteiger partial charge in [0.05, 0.1) is 23.8 Å². The van der Waals surface area contributed by atoms with Crippen molar-refractivity contribution in [3.63, 3.8) is 0 Å². The third kappa shape index (κ3) is 5.63. The number of hydrogen-bond donors (Lipinski definition) is 2. The number of rotatable bonds is 11. The molecular weight excluding hydrogens is 372 g/mol. The van der Waals surface area contributed by atoms with E-state index < -0.39 is 0 Å². The summed E-state index contributed by atoms with van der Waals surface area (Å²) in [7, 11) is 0. The van der Waals surface area contributed by atoms with Crippen molar-refractivity contribution in [3.05, 3.63) is 73.1 Å². The molecule has 0 radical (unpaired) electrons. The number of aromatic amines is 2. The van der Waals surface area contributed by atoms with Crippen LogP contribution >= 0.6 is 0 Å². The van der Waals surface area contributed by atoms with Gasteiger partial charge < -0.3 is 9.97 Å². The van der Waals surface area contributed by atoms with Gasteiger partial charge >= 0.3 is 0 Å². The van der Waals surface area contributed by atoms with E-state index in [1.807, 2.05) is 61.4 Å². The largest absolute Gasteiger partial charge is 0.342 e. The lowest BCUT2D eigenvalue weighted by molar-refractivity contribution is 0.586. The van der Waals surface area contributed by atoms with E-state index in [9.17, 15) is 0 Å². The first-order chi connectivity index (χ1) is 14.9. The number of hydrogen-bond acceptors (Lipinski definition) is 4. The van der Waals surface area contributed by atoms with Crippen molar-refractivity contribution in [1.29, 1.82) is 0 Å². The van der Waals surface area contributed by atoms with Crippen LogP contribution < -0.4 is 0 Å². The van der Waals surface area contributed by atoms with Crippen LogP contribution in [0.15, 0.2) is 61.4 Å². The first-order valence-electron chi connectivity index (χ1n) is 10.8. The molecule has 154 valence electrons. The SMILES string of the molecule is c1cc(-c2cnc(CCCCCCCCc3ncc(-c4ccncc4)[nH]3)[nH]2)ccn1. The van der Waals surface area contributed by atoms with Crippen molar-refractivity contribution in [2.75, 3.05) is 0 Å². The molecule has 0 aliphatic heterocycles. The van der Waals surface area contributed by atoms with Crippen molar-refractivity contribution >= 4 is 0 Å². The topological polar surface area (TPSA) is 83.1 Å². The molecule has 6 nitrogen and oxygen atoms in total. The molecule has 0 aliphatic rings. The predicted octanol–water partition coefficient (Wildman–Crippen LogP) is 5.38. The molecule has 4 heterocycles. The Hall–Kier alpha value is -3.28. The lowest BCUT2D eigenvalue weighted by Gasteiger charge is -2.01. The smallest absolute Gasteiger partial charge is 0.106 e. The maximum atomic E-state index is 4.51. The first kappa shape index (κ1) is 20.0. The summed E-state index contributed by atoms with van der Waals surface area (Å²) in [4.78, 5) is 24.0. The number of aromatic nitrogens is 6. The highest BCUT2D eigenvalue weighted by molar-refractivity contribution is 5.57. The standard InChI is InChI=1S/C24H28N6/c1(3-5-7-23-27-17-21(29-23)19-9-13-25-14-10-19)2-4-6-8-24-28-18-22(30-24)20-11-15-26-16-12-20/h9-18H,1-8H2,(H,27,29)(H,28,30). The normalized spacial score (nSPS) is 11.1. The van der Waals surface area contributed by atoms with Crippen LogP contribution in [-0.4, -0.2) is 29.9 Å². The third-order valence-corrected chi connectivity index (χ3v) is 5.32. The second-order valence-corrected chi connectivity index (χ2v) is 7.58. The van der Waals surface area contributed by atoms with Gasteiger partial charge in [-0.3, -0.25) is 9.97 Å². The molecule has 2 N–H and O–H groups in total. The summed E-state index contributed by atoms with van der Waals surface area (Å²) in [6.45, 7) is 0. The van der Waals surface area contributed by atoms with E-state index in [1.54, 1.807) is 0 Å². The predicted molar refractivity (Wildman–Crippen MR) is 119 cm³/mol. The molecule has 0 spiro atoms. The van der Waals surface area contributed by atoms with Crippen LogP contribution in [0.4, 0.5) is 0 Å². The molecule has 4 aromatic heterocycles. The fourth-order valence-electron chi connectivity index (χ4n) is 3.63. The van der Waals surface area contributed by atoms with Gasteiger partial charge in [0.25, 0.3) is 0 Å². The molecule has 0 bridgehead atoms. The molecule has 30 heavy (non-hydrogen) atoms. The maximum absolute atomic E-state index is 4.51. The van der Waals surface area contributed by atoms with Crippen LogP contribution in [0.1, 0.15) is 50.2 Å². The maximum Gasteiger partial charge on any atom is 0.106 e. The van der Waals surface area contributed by atoms with Gasteiger partial charge in [-0.1, -0.05) is 25.7 Å². The second kappa shape index (κ2) is 10.5. The Morgan fingerprint density at radius 1 is 0.533 bits per heavy atom. The second-order valence-electron chi connectivity index (χ2n) is 7.58. The minimum absolute atomic E-state index is 1.01. The summed E-state index contributed by atoms with van der Waals surface area (Å²) in [5.41, 5.74) is 4.40. The summed E-state index contributed by atoms with van der Waals surface area (Å²) >= 11 is 0. The molecule has 0 aromatic carbocycles.